The first kappa shape index (κ1) is 19.2. The van der Waals surface area contributed by atoms with E-state index in [-0.39, 0.29) is 30.9 Å². The summed E-state index contributed by atoms with van der Waals surface area (Å²) in [5.74, 6) is 0.330. The van der Waals surface area contributed by atoms with Gasteiger partial charge in [-0.1, -0.05) is 49.7 Å². The minimum atomic E-state index is -0.375. The fourth-order valence-corrected chi connectivity index (χ4v) is 3.99. The molecule has 0 bridgehead atoms. The van der Waals surface area contributed by atoms with Crippen LogP contribution in [0, 0.1) is 6.92 Å². The van der Waals surface area contributed by atoms with Gasteiger partial charge in [0, 0.05) is 17.7 Å². The predicted molar refractivity (Wildman–Crippen MR) is 111 cm³/mol. The molecule has 6 nitrogen and oxygen atoms in total. The third kappa shape index (κ3) is 3.19. The van der Waals surface area contributed by atoms with Crippen LogP contribution in [0.3, 0.4) is 0 Å². The van der Waals surface area contributed by atoms with Gasteiger partial charge in [0.15, 0.2) is 0 Å². The van der Waals surface area contributed by atoms with Crippen molar-refractivity contribution in [1.29, 1.82) is 0 Å². The number of phenols is 1. The van der Waals surface area contributed by atoms with Crippen LogP contribution in [0.2, 0.25) is 0 Å². The predicted octanol–water partition coefficient (Wildman–Crippen LogP) is 3.75. The van der Waals surface area contributed by atoms with Crippen LogP contribution in [0.15, 0.2) is 42.5 Å². The summed E-state index contributed by atoms with van der Waals surface area (Å²) >= 11 is 0. The van der Waals surface area contributed by atoms with E-state index < -0.39 is 0 Å². The summed E-state index contributed by atoms with van der Waals surface area (Å²) in [6.07, 6.45) is 0. The Kier molecular flexibility index (Phi) is 4.88. The summed E-state index contributed by atoms with van der Waals surface area (Å²) < 4.78 is 0. The average molecular weight is 391 g/mol. The van der Waals surface area contributed by atoms with Gasteiger partial charge in [0.2, 0.25) is 0 Å². The molecule has 1 amide bonds. The maximum Gasteiger partial charge on any atom is 0.273 e. The first-order chi connectivity index (χ1) is 13.9. The lowest BCUT2D eigenvalue weighted by Crippen LogP contribution is -2.32. The van der Waals surface area contributed by atoms with E-state index in [1.807, 2.05) is 31.2 Å². The summed E-state index contributed by atoms with van der Waals surface area (Å²) in [7, 11) is 0. The molecule has 150 valence electrons. The van der Waals surface area contributed by atoms with Crippen LogP contribution in [0.5, 0.6) is 5.75 Å². The van der Waals surface area contributed by atoms with Gasteiger partial charge in [-0.25, -0.2) is 0 Å². The van der Waals surface area contributed by atoms with Gasteiger partial charge in [0.25, 0.3) is 5.91 Å². The Morgan fingerprint density at radius 1 is 1.17 bits per heavy atom. The molecule has 1 aliphatic rings. The summed E-state index contributed by atoms with van der Waals surface area (Å²) in [4.78, 5) is 14.7. The average Bonchev–Trinajstić information content (AvgIpc) is 3.24. The van der Waals surface area contributed by atoms with Crippen molar-refractivity contribution in [2.45, 2.75) is 32.7 Å². The highest BCUT2D eigenvalue weighted by Gasteiger charge is 2.42. The number of benzene rings is 2. The van der Waals surface area contributed by atoms with Gasteiger partial charge >= 0.3 is 0 Å². The monoisotopic (exact) mass is 391 g/mol. The van der Waals surface area contributed by atoms with Crippen LogP contribution in [0.4, 0.5) is 0 Å². The molecule has 0 saturated carbocycles. The molecule has 3 aromatic rings. The molecule has 2 heterocycles. The van der Waals surface area contributed by atoms with Gasteiger partial charge in [0.1, 0.15) is 17.1 Å². The number of aryl methyl sites for hydroxylation is 1. The van der Waals surface area contributed by atoms with E-state index in [2.05, 4.69) is 36.2 Å². The van der Waals surface area contributed by atoms with Gasteiger partial charge in [0.05, 0.1) is 12.6 Å². The standard InChI is InChI=1S/C23H25N3O3/c1-13(2)15-5-7-16(8-6-15)22-19-20(17-12-14(3)4-9-18(17)28)24-25-21(19)23(29)26(22)10-11-27/h4-9,12-13,22,27-28H,10-11H2,1-3H3,(H,24,25)/t22-/m1/s1. The van der Waals surface area contributed by atoms with E-state index >= 15 is 0 Å². The van der Waals surface area contributed by atoms with E-state index in [4.69, 9.17) is 0 Å². The summed E-state index contributed by atoms with van der Waals surface area (Å²) in [5.41, 5.74) is 5.45. The highest BCUT2D eigenvalue weighted by atomic mass is 16.3. The van der Waals surface area contributed by atoms with Gasteiger partial charge in [-0.05, 0) is 36.1 Å². The SMILES string of the molecule is Cc1ccc(O)c(-c2n[nH]c3c2[C@@H](c2ccc(C(C)C)cc2)N(CCO)C3=O)c1. The minimum Gasteiger partial charge on any atom is -0.507 e. The molecule has 4 rings (SSSR count). The third-order valence-corrected chi connectivity index (χ3v) is 5.53. The number of carbonyl (C=O) groups is 1. The van der Waals surface area contributed by atoms with Gasteiger partial charge in [-0.3, -0.25) is 9.89 Å². The molecule has 0 radical (unpaired) electrons. The summed E-state index contributed by atoms with van der Waals surface area (Å²) in [6, 6.07) is 13.2. The molecule has 2 aromatic carbocycles. The number of amides is 1. The molecular formula is C23H25N3O3. The Labute approximate surface area is 169 Å². The highest BCUT2D eigenvalue weighted by Crippen LogP contribution is 2.44. The number of carbonyl (C=O) groups excluding carboxylic acids is 1. The molecule has 1 atom stereocenters. The zero-order chi connectivity index (χ0) is 20.7. The molecule has 0 spiro atoms. The molecule has 29 heavy (non-hydrogen) atoms. The van der Waals surface area contributed by atoms with E-state index in [0.29, 0.717) is 22.9 Å². The minimum absolute atomic E-state index is 0.117. The highest BCUT2D eigenvalue weighted by molar-refractivity contribution is 6.00. The first-order valence-corrected chi connectivity index (χ1v) is 9.82. The number of H-pyrrole nitrogens is 1. The van der Waals surface area contributed by atoms with Crippen molar-refractivity contribution in [3.63, 3.8) is 0 Å². The lowest BCUT2D eigenvalue weighted by molar-refractivity contribution is 0.0706. The van der Waals surface area contributed by atoms with Crippen LogP contribution < -0.4 is 0 Å². The molecule has 0 saturated heterocycles. The molecule has 3 N–H and O–H groups in total. The second-order valence-corrected chi connectivity index (χ2v) is 7.83. The lowest BCUT2D eigenvalue weighted by Gasteiger charge is -2.26. The molecule has 0 aliphatic carbocycles. The zero-order valence-electron chi connectivity index (χ0n) is 16.8. The number of fused-ring (bicyclic) bond motifs is 1. The Morgan fingerprint density at radius 3 is 2.55 bits per heavy atom. The Hall–Kier alpha value is -3.12. The maximum atomic E-state index is 13.0. The number of aromatic nitrogens is 2. The van der Waals surface area contributed by atoms with Crippen molar-refractivity contribution >= 4 is 5.91 Å². The van der Waals surface area contributed by atoms with Crippen molar-refractivity contribution < 1.29 is 15.0 Å². The van der Waals surface area contributed by atoms with E-state index in [9.17, 15) is 15.0 Å². The lowest BCUT2D eigenvalue weighted by atomic mass is 9.93. The van der Waals surface area contributed by atoms with E-state index in [1.54, 1.807) is 11.0 Å². The second kappa shape index (κ2) is 7.37. The molecule has 1 aromatic heterocycles. The number of hydrogen-bond donors (Lipinski definition) is 3. The van der Waals surface area contributed by atoms with Crippen LogP contribution in [0.1, 0.15) is 58.5 Å². The number of hydrogen-bond acceptors (Lipinski definition) is 4. The molecule has 6 heteroatoms. The Balaban J connectivity index is 1.88. The zero-order valence-corrected chi connectivity index (χ0v) is 16.8. The smallest absolute Gasteiger partial charge is 0.273 e. The number of rotatable bonds is 5. The molecule has 0 unspecified atom stereocenters. The number of aliphatic hydroxyl groups excluding tert-OH is 1. The number of aromatic hydroxyl groups is 1. The summed E-state index contributed by atoms with van der Waals surface area (Å²) in [5, 5.41) is 27.2. The van der Waals surface area contributed by atoms with Crippen molar-refractivity contribution in [3.05, 3.63) is 70.4 Å². The van der Waals surface area contributed by atoms with E-state index in [0.717, 1.165) is 16.7 Å². The van der Waals surface area contributed by atoms with Crippen LogP contribution in [-0.2, 0) is 0 Å². The quantitative estimate of drug-likeness (QED) is 0.618. The van der Waals surface area contributed by atoms with Crippen LogP contribution in [-0.4, -0.2) is 44.4 Å². The van der Waals surface area contributed by atoms with Gasteiger partial charge in [-0.2, -0.15) is 5.10 Å². The van der Waals surface area contributed by atoms with Gasteiger partial charge < -0.3 is 15.1 Å². The number of phenolic OH excluding ortho intramolecular Hbond substituents is 1. The number of nitrogens with one attached hydrogen (secondary N) is 1. The third-order valence-electron chi connectivity index (χ3n) is 5.53. The second-order valence-electron chi connectivity index (χ2n) is 7.83. The van der Waals surface area contributed by atoms with Crippen molar-refractivity contribution in [3.8, 4) is 17.0 Å². The topological polar surface area (TPSA) is 89.5 Å². The van der Waals surface area contributed by atoms with Crippen LogP contribution >= 0.6 is 0 Å². The normalized spacial score (nSPS) is 16.0. The number of nitrogens with zero attached hydrogens (tertiary/aromatic N) is 2. The number of β-amino-alcohol motifs (C(OH)–C–C–N with tert-alkyl or cyclic N) is 1. The fourth-order valence-electron chi connectivity index (χ4n) is 3.99. The Bertz CT molecular complexity index is 1050. The van der Waals surface area contributed by atoms with Crippen molar-refractivity contribution in [2.75, 3.05) is 13.2 Å². The summed E-state index contributed by atoms with van der Waals surface area (Å²) in [6.45, 7) is 6.31. The first-order valence-electron chi connectivity index (χ1n) is 9.82. The molecule has 0 fully saturated rings. The number of aliphatic hydroxyl groups is 1. The maximum absolute atomic E-state index is 13.0. The van der Waals surface area contributed by atoms with Crippen molar-refractivity contribution in [2.24, 2.45) is 0 Å². The van der Waals surface area contributed by atoms with Crippen LogP contribution in [0.25, 0.3) is 11.3 Å². The fraction of sp³-hybridized carbons (Fsp3) is 0.304. The molecular weight excluding hydrogens is 366 g/mol. The van der Waals surface area contributed by atoms with Gasteiger partial charge in [-0.15, -0.1) is 0 Å². The van der Waals surface area contributed by atoms with Crippen molar-refractivity contribution in [1.82, 2.24) is 15.1 Å². The largest absolute Gasteiger partial charge is 0.507 e. The van der Waals surface area contributed by atoms with E-state index in [1.165, 1.54) is 5.56 Å². The number of aromatic amines is 1. The molecule has 1 aliphatic heterocycles. The Morgan fingerprint density at radius 2 is 1.90 bits per heavy atom.